The van der Waals surface area contributed by atoms with E-state index in [9.17, 15) is 18.0 Å². The Morgan fingerprint density at radius 3 is 2.33 bits per heavy atom. The maximum absolute atomic E-state index is 13.4. The van der Waals surface area contributed by atoms with Crippen molar-refractivity contribution in [3.63, 3.8) is 0 Å². The molecule has 0 bridgehead atoms. The lowest BCUT2D eigenvalue weighted by Crippen LogP contribution is -2.33. The maximum atomic E-state index is 13.4. The fraction of sp³-hybridized carbons (Fsp3) is 0.143. The fourth-order valence-electron chi connectivity index (χ4n) is 5.89. The van der Waals surface area contributed by atoms with Gasteiger partial charge < -0.3 is 19.7 Å². The molecule has 0 spiro atoms. The number of ether oxygens (including phenoxy) is 2. The summed E-state index contributed by atoms with van der Waals surface area (Å²) in [5, 5.41) is 3.04. The standard InChI is InChI=1S/C35H27Cl2N3O6S2/c36-23-11-12-29(39-48(43,44)33-14-13-32(37)47-33)30(18-23)38-34(41)21-9-10-22-19-40(15-16-45-31(22)17-21)35(42)46-20-28-26-7-3-1-5-24(26)25-6-2-4-8-27(25)28/h1-14,17-18,28,39H,15-16,19-20H2,(H,38,41). The summed E-state index contributed by atoms with van der Waals surface area (Å²) in [5.41, 5.74) is 5.85. The van der Waals surface area contributed by atoms with Gasteiger partial charge in [0.1, 0.15) is 23.2 Å². The third kappa shape index (κ3) is 6.46. The summed E-state index contributed by atoms with van der Waals surface area (Å²) >= 11 is 13.0. The van der Waals surface area contributed by atoms with Crippen molar-refractivity contribution in [2.24, 2.45) is 0 Å². The van der Waals surface area contributed by atoms with Crippen LogP contribution in [0.5, 0.6) is 5.75 Å². The molecule has 0 fully saturated rings. The highest BCUT2D eigenvalue weighted by atomic mass is 35.5. The zero-order valence-corrected chi connectivity index (χ0v) is 28.3. The normalized spacial score (nSPS) is 13.8. The molecule has 1 aromatic heterocycles. The zero-order valence-electron chi connectivity index (χ0n) is 25.1. The molecule has 0 atom stereocenters. The summed E-state index contributed by atoms with van der Waals surface area (Å²) in [4.78, 5) is 28.2. The second-order valence-corrected chi connectivity index (χ2v) is 15.3. The molecule has 0 saturated heterocycles. The van der Waals surface area contributed by atoms with Gasteiger partial charge in [-0.05, 0) is 64.7 Å². The average Bonchev–Trinajstić information content (AvgIpc) is 3.58. The van der Waals surface area contributed by atoms with Crippen LogP contribution in [0.15, 0.2) is 101 Å². The number of anilines is 2. The van der Waals surface area contributed by atoms with E-state index < -0.39 is 22.0 Å². The number of carbonyl (C=O) groups excluding carboxylic acids is 2. The summed E-state index contributed by atoms with van der Waals surface area (Å²) in [6, 6.07) is 28.6. The molecule has 1 aliphatic carbocycles. The molecule has 2 heterocycles. The number of carbonyl (C=O) groups is 2. The first kappa shape index (κ1) is 32.0. The van der Waals surface area contributed by atoms with Gasteiger partial charge in [0.2, 0.25) is 0 Å². The fourth-order valence-corrected chi connectivity index (χ4v) is 8.63. The van der Waals surface area contributed by atoms with E-state index in [4.69, 9.17) is 32.7 Å². The molecule has 1 aliphatic heterocycles. The number of halogens is 2. The summed E-state index contributed by atoms with van der Waals surface area (Å²) in [6.45, 7) is 0.948. The first-order valence-electron chi connectivity index (χ1n) is 14.9. The lowest BCUT2D eigenvalue weighted by molar-refractivity contribution is 0.0947. The van der Waals surface area contributed by atoms with Crippen LogP contribution in [0.3, 0.4) is 0 Å². The van der Waals surface area contributed by atoms with E-state index in [1.54, 1.807) is 23.1 Å². The van der Waals surface area contributed by atoms with E-state index in [1.807, 2.05) is 24.3 Å². The highest BCUT2D eigenvalue weighted by Crippen LogP contribution is 2.44. The lowest BCUT2D eigenvalue weighted by atomic mass is 9.98. The molecule has 7 rings (SSSR count). The average molecular weight is 721 g/mol. The Hall–Kier alpha value is -4.55. The van der Waals surface area contributed by atoms with Crippen LogP contribution in [0.4, 0.5) is 16.2 Å². The second kappa shape index (κ2) is 13.2. The van der Waals surface area contributed by atoms with Crippen molar-refractivity contribution >= 4 is 67.9 Å². The van der Waals surface area contributed by atoms with Gasteiger partial charge in [0.15, 0.2) is 0 Å². The number of hydrogen-bond donors (Lipinski definition) is 2. The van der Waals surface area contributed by atoms with Crippen LogP contribution in [-0.4, -0.2) is 45.1 Å². The van der Waals surface area contributed by atoms with Crippen molar-refractivity contribution in [1.82, 2.24) is 4.90 Å². The van der Waals surface area contributed by atoms with Gasteiger partial charge in [-0.15, -0.1) is 11.3 Å². The summed E-state index contributed by atoms with van der Waals surface area (Å²) in [7, 11) is -3.96. The molecule has 48 heavy (non-hydrogen) atoms. The van der Waals surface area contributed by atoms with Crippen LogP contribution in [0.25, 0.3) is 11.1 Å². The zero-order chi connectivity index (χ0) is 33.4. The molecule has 0 saturated carbocycles. The maximum Gasteiger partial charge on any atom is 0.410 e. The Bertz CT molecular complexity index is 2130. The van der Waals surface area contributed by atoms with E-state index >= 15 is 0 Å². The van der Waals surface area contributed by atoms with Gasteiger partial charge in [-0.3, -0.25) is 9.52 Å². The first-order chi connectivity index (χ1) is 23.2. The smallest absolute Gasteiger partial charge is 0.410 e. The summed E-state index contributed by atoms with van der Waals surface area (Å²) in [6.07, 6.45) is -0.448. The summed E-state index contributed by atoms with van der Waals surface area (Å²) in [5.74, 6) is -0.110. The topological polar surface area (TPSA) is 114 Å². The molecule has 13 heteroatoms. The largest absolute Gasteiger partial charge is 0.491 e. The highest BCUT2D eigenvalue weighted by Gasteiger charge is 2.30. The van der Waals surface area contributed by atoms with Crippen LogP contribution in [-0.2, 0) is 21.3 Å². The number of nitrogens with zero attached hydrogens (tertiary/aromatic N) is 1. The molecule has 2 aliphatic rings. The van der Waals surface area contributed by atoms with E-state index in [-0.39, 0.29) is 46.8 Å². The quantitative estimate of drug-likeness (QED) is 0.175. The van der Waals surface area contributed by atoms with Gasteiger partial charge in [0, 0.05) is 22.1 Å². The van der Waals surface area contributed by atoms with Crippen LogP contribution in [0, 0.1) is 0 Å². The van der Waals surface area contributed by atoms with Gasteiger partial charge in [0.05, 0.1) is 28.8 Å². The number of thiophene rings is 1. The van der Waals surface area contributed by atoms with Crippen LogP contribution in [0.2, 0.25) is 9.36 Å². The number of nitrogens with one attached hydrogen (secondary N) is 2. The predicted molar refractivity (Wildman–Crippen MR) is 187 cm³/mol. The minimum atomic E-state index is -3.96. The minimum Gasteiger partial charge on any atom is -0.491 e. The minimum absolute atomic E-state index is 0.0229. The van der Waals surface area contributed by atoms with Crippen LogP contribution in [0.1, 0.15) is 33.0 Å². The van der Waals surface area contributed by atoms with Gasteiger partial charge in [-0.1, -0.05) is 77.8 Å². The molecule has 244 valence electrons. The van der Waals surface area contributed by atoms with Gasteiger partial charge in [0.25, 0.3) is 15.9 Å². The first-order valence-corrected chi connectivity index (χ1v) is 18.0. The Morgan fingerprint density at radius 1 is 0.896 bits per heavy atom. The molecule has 2 amide bonds. The van der Waals surface area contributed by atoms with Crippen molar-refractivity contribution in [2.75, 3.05) is 29.8 Å². The third-order valence-electron chi connectivity index (χ3n) is 8.19. The Labute approximate surface area is 291 Å². The molecule has 0 radical (unpaired) electrons. The van der Waals surface area contributed by atoms with E-state index in [0.717, 1.165) is 33.6 Å². The highest BCUT2D eigenvalue weighted by molar-refractivity contribution is 7.94. The Balaban J connectivity index is 1.03. The molecule has 0 unspecified atom stereocenters. The molecule has 4 aromatic carbocycles. The SMILES string of the molecule is O=C(Nc1cc(Cl)ccc1NS(=O)(=O)c1ccc(Cl)s1)c1ccc2c(c1)OCCN(C(=O)OCC1c3ccccc3-c3ccccc31)C2. The van der Waals surface area contributed by atoms with Crippen molar-refractivity contribution in [3.8, 4) is 16.9 Å². The number of amides is 2. The molecule has 5 aromatic rings. The monoisotopic (exact) mass is 719 g/mol. The molecule has 9 nitrogen and oxygen atoms in total. The van der Waals surface area contributed by atoms with Gasteiger partial charge in [-0.25, -0.2) is 13.2 Å². The number of sulfonamides is 1. The number of benzene rings is 4. The van der Waals surface area contributed by atoms with Crippen LogP contribution < -0.4 is 14.8 Å². The van der Waals surface area contributed by atoms with Crippen molar-refractivity contribution in [3.05, 3.63) is 129 Å². The van der Waals surface area contributed by atoms with E-state index in [2.05, 4.69) is 34.3 Å². The molecular weight excluding hydrogens is 693 g/mol. The predicted octanol–water partition coefficient (Wildman–Crippen LogP) is 8.25. The Morgan fingerprint density at radius 2 is 1.62 bits per heavy atom. The van der Waals surface area contributed by atoms with Crippen molar-refractivity contribution < 1.29 is 27.5 Å². The number of hydrogen-bond acceptors (Lipinski definition) is 7. The van der Waals surface area contributed by atoms with Crippen molar-refractivity contribution in [1.29, 1.82) is 0 Å². The number of fused-ring (bicyclic) bond motifs is 4. The van der Waals surface area contributed by atoms with Crippen LogP contribution >= 0.6 is 34.5 Å². The van der Waals surface area contributed by atoms with Crippen molar-refractivity contribution in [2.45, 2.75) is 16.7 Å². The molecular formula is C35H27Cl2N3O6S2. The van der Waals surface area contributed by atoms with Gasteiger partial charge in [-0.2, -0.15) is 0 Å². The Kier molecular flexibility index (Phi) is 8.78. The lowest BCUT2D eigenvalue weighted by Gasteiger charge is -2.21. The second-order valence-electron chi connectivity index (χ2n) is 11.2. The summed E-state index contributed by atoms with van der Waals surface area (Å²) < 4.78 is 40.5. The molecule has 2 N–H and O–H groups in total. The third-order valence-corrected chi connectivity index (χ3v) is 11.5. The number of rotatable bonds is 7. The van der Waals surface area contributed by atoms with E-state index in [1.165, 1.54) is 30.3 Å². The van der Waals surface area contributed by atoms with E-state index in [0.29, 0.717) is 27.2 Å². The van der Waals surface area contributed by atoms with Gasteiger partial charge >= 0.3 is 6.09 Å².